The number of rotatable bonds is 5. The van der Waals surface area contributed by atoms with Crippen LogP contribution >= 0.6 is 0 Å². The second kappa shape index (κ2) is 5.43. The van der Waals surface area contributed by atoms with E-state index in [9.17, 15) is 8.78 Å². The lowest BCUT2D eigenvalue weighted by Crippen LogP contribution is -2.25. The van der Waals surface area contributed by atoms with Gasteiger partial charge >= 0.3 is 0 Å². The summed E-state index contributed by atoms with van der Waals surface area (Å²) in [5, 5.41) is 2.97. The lowest BCUT2D eigenvalue weighted by atomic mass is 10.5. The lowest BCUT2D eigenvalue weighted by molar-refractivity contribution is 0.156. The molecule has 4 nitrogen and oxygen atoms in total. The highest BCUT2D eigenvalue weighted by Gasteiger charge is 2.10. The minimum Gasteiger partial charge on any atom is -0.369 e. The maximum atomic E-state index is 12.1. The molecule has 0 saturated carbocycles. The molecule has 0 amide bonds. The Bertz CT molecular complexity index is 306. The summed E-state index contributed by atoms with van der Waals surface area (Å²) in [7, 11) is 1.56. The summed E-state index contributed by atoms with van der Waals surface area (Å²) in [6.07, 6.45) is 0.645. The molecular formula is C9H14F2N4. The molecule has 0 unspecified atom stereocenters. The van der Waals surface area contributed by atoms with Gasteiger partial charge in [-0.1, -0.05) is 0 Å². The Kier molecular flexibility index (Phi) is 4.20. The predicted molar refractivity (Wildman–Crippen MR) is 55.5 cm³/mol. The second-order valence-electron chi connectivity index (χ2n) is 3.06. The number of nitrogens with one attached hydrogen (secondary N) is 1. The van der Waals surface area contributed by atoms with E-state index < -0.39 is 6.43 Å². The molecule has 0 aliphatic carbocycles. The zero-order valence-corrected chi connectivity index (χ0v) is 8.74. The summed E-state index contributed by atoms with van der Waals surface area (Å²) in [4.78, 5) is 9.43. The smallest absolute Gasteiger partial charge is 0.255 e. The van der Waals surface area contributed by atoms with Crippen LogP contribution in [0.4, 0.5) is 20.4 Å². The largest absolute Gasteiger partial charge is 0.369 e. The standard InChI is InChI=1S/C9H14F2N4/c1-3-13-8-4-12-5-9(14-8)15(2)6-7(10)11/h4-5,7H,3,6H2,1-2H3,(H,13,14). The third-order valence-electron chi connectivity index (χ3n) is 1.78. The van der Waals surface area contributed by atoms with Crippen molar-refractivity contribution in [1.29, 1.82) is 0 Å². The fourth-order valence-corrected chi connectivity index (χ4v) is 1.11. The Morgan fingerprint density at radius 1 is 1.47 bits per heavy atom. The van der Waals surface area contributed by atoms with Crippen LogP contribution in [0.5, 0.6) is 0 Å². The molecule has 0 spiro atoms. The van der Waals surface area contributed by atoms with Crippen molar-refractivity contribution in [2.45, 2.75) is 13.3 Å². The summed E-state index contributed by atoms with van der Waals surface area (Å²) in [6.45, 7) is 2.30. The van der Waals surface area contributed by atoms with E-state index in [0.717, 1.165) is 6.54 Å². The Morgan fingerprint density at radius 2 is 2.20 bits per heavy atom. The summed E-state index contributed by atoms with van der Waals surface area (Å²) in [6, 6.07) is 0. The van der Waals surface area contributed by atoms with Gasteiger partial charge < -0.3 is 10.2 Å². The van der Waals surface area contributed by atoms with E-state index in [-0.39, 0.29) is 6.54 Å². The second-order valence-corrected chi connectivity index (χ2v) is 3.06. The highest BCUT2D eigenvalue weighted by Crippen LogP contribution is 2.11. The van der Waals surface area contributed by atoms with Gasteiger partial charge in [0.2, 0.25) is 0 Å². The molecule has 15 heavy (non-hydrogen) atoms. The van der Waals surface area contributed by atoms with Gasteiger partial charge in [0.1, 0.15) is 11.6 Å². The number of aromatic nitrogens is 2. The van der Waals surface area contributed by atoms with Gasteiger partial charge in [0.25, 0.3) is 6.43 Å². The Balaban J connectivity index is 2.71. The highest BCUT2D eigenvalue weighted by molar-refractivity contribution is 5.43. The maximum Gasteiger partial charge on any atom is 0.255 e. The van der Waals surface area contributed by atoms with Gasteiger partial charge in [-0.05, 0) is 6.92 Å². The van der Waals surface area contributed by atoms with Gasteiger partial charge in [0, 0.05) is 13.6 Å². The highest BCUT2D eigenvalue weighted by atomic mass is 19.3. The maximum absolute atomic E-state index is 12.1. The van der Waals surface area contributed by atoms with Crippen LogP contribution in [0.25, 0.3) is 0 Å². The van der Waals surface area contributed by atoms with Crippen LogP contribution in [0.2, 0.25) is 0 Å². The molecule has 0 aliphatic rings. The third kappa shape index (κ3) is 3.65. The summed E-state index contributed by atoms with van der Waals surface area (Å²) < 4.78 is 24.2. The number of halogens is 2. The number of hydrogen-bond donors (Lipinski definition) is 1. The molecule has 1 heterocycles. The van der Waals surface area contributed by atoms with Gasteiger partial charge in [0.05, 0.1) is 18.9 Å². The van der Waals surface area contributed by atoms with Gasteiger partial charge in [-0.2, -0.15) is 0 Å². The number of nitrogens with zero attached hydrogens (tertiary/aromatic N) is 3. The van der Waals surface area contributed by atoms with Crippen molar-refractivity contribution in [2.75, 3.05) is 30.4 Å². The minimum atomic E-state index is -2.38. The quantitative estimate of drug-likeness (QED) is 0.811. The third-order valence-corrected chi connectivity index (χ3v) is 1.78. The Hall–Kier alpha value is -1.46. The number of hydrogen-bond acceptors (Lipinski definition) is 4. The van der Waals surface area contributed by atoms with E-state index >= 15 is 0 Å². The van der Waals surface area contributed by atoms with Crippen LogP contribution in [-0.4, -0.2) is 36.5 Å². The Labute approximate surface area is 87.3 Å². The monoisotopic (exact) mass is 216 g/mol. The molecule has 0 aliphatic heterocycles. The first-order valence-corrected chi connectivity index (χ1v) is 4.68. The molecule has 1 aromatic heterocycles. The molecule has 0 radical (unpaired) electrons. The van der Waals surface area contributed by atoms with Crippen LogP contribution in [0.1, 0.15) is 6.92 Å². The van der Waals surface area contributed by atoms with Crippen LogP contribution in [0.15, 0.2) is 12.4 Å². The fraction of sp³-hybridized carbons (Fsp3) is 0.556. The molecule has 1 aromatic rings. The Morgan fingerprint density at radius 3 is 2.80 bits per heavy atom. The zero-order chi connectivity index (χ0) is 11.3. The lowest BCUT2D eigenvalue weighted by Gasteiger charge is -2.17. The minimum absolute atomic E-state index is 0.343. The molecule has 84 valence electrons. The molecule has 0 fully saturated rings. The van der Waals surface area contributed by atoms with E-state index in [2.05, 4.69) is 15.3 Å². The molecule has 1 N–H and O–H groups in total. The van der Waals surface area contributed by atoms with Crippen LogP contribution in [-0.2, 0) is 0 Å². The van der Waals surface area contributed by atoms with E-state index in [1.807, 2.05) is 6.92 Å². The first kappa shape index (κ1) is 11.6. The zero-order valence-electron chi connectivity index (χ0n) is 8.74. The van der Waals surface area contributed by atoms with Crippen molar-refractivity contribution in [3.63, 3.8) is 0 Å². The predicted octanol–water partition coefficient (Wildman–Crippen LogP) is 1.61. The SMILES string of the molecule is CCNc1cncc(N(C)CC(F)F)n1. The summed E-state index contributed by atoms with van der Waals surface area (Å²) >= 11 is 0. The van der Waals surface area contributed by atoms with E-state index in [1.54, 1.807) is 13.2 Å². The van der Waals surface area contributed by atoms with Gasteiger partial charge in [0.15, 0.2) is 0 Å². The first-order valence-electron chi connectivity index (χ1n) is 4.68. The summed E-state index contributed by atoms with van der Waals surface area (Å²) in [5.41, 5.74) is 0. The number of anilines is 2. The molecule has 6 heteroatoms. The van der Waals surface area contributed by atoms with Crippen molar-refractivity contribution in [3.05, 3.63) is 12.4 Å². The molecule has 1 rings (SSSR count). The van der Waals surface area contributed by atoms with Crippen LogP contribution in [0, 0.1) is 0 Å². The van der Waals surface area contributed by atoms with Crippen molar-refractivity contribution >= 4 is 11.6 Å². The van der Waals surface area contributed by atoms with Crippen molar-refractivity contribution in [2.24, 2.45) is 0 Å². The van der Waals surface area contributed by atoms with Gasteiger partial charge in [-0.15, -0.1) is 0 Å². The topological polar surface area (TPSA) is 41.1 Å². The number of alkyl halides is 2. The van der Waals surface area contributed by atoms with E-state index in [0.29, 0.717) is 11.6 Å². The van der Waals surface area contributed by atoms with Crippen molar-refractivity contribution in [1.82, 2.24) is 9.97 Å². The molecule has 0 aromatic carbocycles. The van der Waals surface area contributed by atoms with E-state index in [4.69, 9.17) is 0 Å². The van der Waals surface area contributed by atoms with Crippen LogP contribution < -0.4 is 10.2 Å². The van der Waals surface area contributed by atoms with Crippen LogP contribution in [0.3, 0.4) is 0 Å². The molecule has 0 atom stereocenters. The normalized spacial score (nSPS) is 10.5. The van der Waals surface area contributed by atoms with E-state index in [1.165, 1.54) is 11.1 Å². The fourth-order valence-electron chi connectivity index (χ4n) is 1.11. The van der Waals surface area contributed by atoms with Gasteiger partial charge in [-0.3, -0.25) is 4.98 Å². The average Bonchev–Trinajstić information content (AvgIpc) is 2.17. The molecule has 0 saturated heterocycles. The first-order chi connectivity index (χ1) is 7.13. The molecule has 0 bridgehead atoms. The van der Waals surface area contributed by atoms with Crippen molar-refractivity contribution in [3.8, 4) is 0 Å². The molecular weight excluding hydrogens is 202 g/mol. The van der Waals surface area contributed by atoms with Crippen molar-refractivity contribution < 1.29 is 8.78 Å². The average molecular weight is 216 g/mol. The van der Waals surface area contributed by atoms with Gasteiger partial charge in [-0.25, -0.2) is 13.8 Å². The summed E-state index contributed by atoms with van der Waals surface area (Å²) in [5.74, 6) is 1.03.